The minimum atomic E-state index is -0.876. The van der Waals surface area contributed by atoms with E-state index < -0.39 is 17.8 Å². The summed E-state index contributed by atoms with van der Waals surface area (Å²) >= 11 is 0. The summed E-state index contributed by atoms with van der Waals surface area (Å²) in [6.45, 7) is 2.39. The molecule has 0 radical (unpaired) electrons. The van der Waals surface area contributed by atoms with Crippen LogP contribution in [0.4, 0.5) is 0 Å². The van der Waals surface area contributed by atoms with Crippen LogP contribution in [0.3, 0.4) is 0 Å². The molecule has 1 aromatic rings. The molecule has 0 amide bonds. The van der Waals surface area contributed by atoms with Crippen molar-refractivity contribution in [2.45, 2.75) is 68.5 Å². The number of allylic oxidation sites excluding steroid dienone is 3. The average Bonchev–Trinajstić information content (AvgIpc) is 3.27. The van der Waals surface area contributed by atoms with Crippen LogP contribution in [0.1, 0.15) is 44.6 Å². The van der Waals surface area contributed by atoms with Crippen LogP contribution in [0.15, 0.2) is 53.9 Å². The Morgan fingerprint density at radius 2 is 2.03 bits per heavy atom. The molecule has 0 unspecified atom stereocenters. The Balaban J connectivity index is 1.43. The molecule has 2 aliphatic heterocycles. The molecular weight excluding hydrogens is 388 g/mol. The molecule has 1 aromatic heterocycles. The second kappa shape index (κ2) is 6.38. The van der Waals surface area contributed by atoms with Gasteiger partial charge >= 0.3 is 0 Å². The molecule has 2 bridgehead atoms. The molecule has 0 aromatic carbocycles. The summed E-state index contributed by atoms with van der Waals surface area (Å²) in [4.78, 5) is 6.39. The van der Waals surface area contributed by atoms with Gasteiger partial charge in [0.2, 0.25) is 0 Å². The normalized spacial score (nSPS) is 45.4. The number of pyridine rings is 1. The Bertz CT molecular complexity index is 1010. The minimum Gasteiger partial charge on any atom is -0.388 e. The number of rotatable bonds is 2. The number of hydrogen-bond acceptors (Lipinski definition) is 5. The first-order valence-electron chi connectivity index (χ1n) is 11.6. The van der Waals surface area contributed by atoms with Crippen LogP contribution in [0.5, 0.6) is 0 Å². The van der Waals surface area contributed by atoms with Crippen LogP contribution in [0.25, 0.3) is 5.57 Å². The van der Waals surface area contributed by atoms with Gasteiger partial charge in [-0.2, -0.15) is 0 Å². The maximum atomic E-state index is 11.1. The quantitative estimate of drug-likeness (QED) is 0.770. The van der Waals surface area contributed by atoms with Crippen LogP contribution < -0.4 is 0 Å². The molecule has 1 saturated heterocycles. The summed E-state index contributed by atoms with van der Waals surface area (Å²) in [5.41, 5.74) is 3.94. The van der Waals surface area contributed by atoms with Gasteiger partial charge in [-0.05, 0) is 74.5 Å². The largest absolute Gasteiger partial charge is 0.388 e. The molecule has 2 fully saturated rings. The second-order valence-corrected chi connectivity index (χ2v) is 10.7. The van der Waals surface area contributed by atoms with E-state index in [1.54, 1.807) is 0 Å². The van der Waals surface area contributed by atoms with Crippen molar-refractivity contribution in [2.75, 3.05) is 14.1 Å². The minimum absolute atomic E-state index is 0.0111. The fourth-order valence-electron chi connectivity index (χ4n) is 7.47. The first kappa shape index (κ1) is 19.9. The molecule has 3 heterocycles. The number of fused-ring (bicyclic) bond motifs is 1. The van der Waals surface area contributed by atoms with Crippen LogP contribution in [-0.2, 0) is 4.74 Å². The van der Waals surface area contributed by atoms with Crippen molar-refractivity contribution in [1.82, 2.24) is 9.88 Å². The van der Waals surface area contributed by atoms with Gasteiger partial charge in [-0.25, -0.2) is 0 Å². The van der Waals surface area contributed by atoms with E-state index in [0.29, 0.717) is 5.92 Å². The Morgan fingerprint density at radius 1 is 1.19 bits per heavy atom. The van der Waals surface area contributed by atoms with E-state index in [1.165, 1.54) is 16.7 Å². The van der Waals surface area contributed by atoms with Gasteiger partial charge in [0.05, 0.1) is 17.3 Å². The molecule has 6 rings (SSSR count). The molecular formula is C26H32N2O3. The number of aliphatic hydroxyl groups excluding tert-OH is 2. The highest BCUT2D eigenvalue weighted by molar-refractivity contribution is 5.74. The first-order chi connectivity index (χ1) is 14.8. The molecule has 7 atom stereocenters. The Morgan fingerprint density at radius 3 is 2.77 bits per heavy atom. The zero-order valence-electron chi connectivity index (χ0n) is 18.6. The third-order valence-corrected chi connectivity index (χ3v) is 9.07. The van der Waals surface area contributed by atoms with Crippen molar-refractivity contribution in [3.05, 3.63) is 59.5 Å². The van der Waals surface area contributed by atoms with Crippen molar-refractivity contribution < 1.29 is 14.9 Å². The molecule has 3 aliphatic carbocycles. The second-order valence-electron chi connectivity index (χ2n) is 10.7. The van der Waals surface area contributed by atoms with Crippen LogP contribution in [0, 0.1) is 11.3 Å². The van der Waals surface area contributed by atoms with Gasteiger partial charge in [-0.15, -0.1) is 0 Å². The molecule has 1 saturated carbocycles. The Hall–Kier alpha value is -1.79. The van der Waals surface area contributed by atoms with Gasteiger partial charge in [0.1, 0.15) is 6.10 Å². The topological polar surface area (TPSA) is 65.8 Å². The summed E-state index contributed by atoms with van der Waals surface area (Å²) in [5.74, 6) is 0.370. The summed E-state index contributed by atoms with van der Waals surface area (Å²) in [7, 11) is 3.95. The van der Waals surface area contributed by atoms with Crippen LogP contribution in [0.2, 0.25) is 0 Å². The molecule has 2 spiro atoms. The van der Waals surface area contributed by atoms with Gasteiger partial charge in [-0.3, -0.25) is 4.98 Å². The number of nitrogens with zero attached hydrogens (tertiary/aromatic N) is 2. The van der Waals surface area contributed by atoms with Crippen LogP contribution in [-0.4, -0.2) is 63.6 Å². The van der Waals surface area contributed by atoms with Gasteiger partial charge in [0.15, 0.2) is 0 Å². The lowest BCUT2D eigenvalue weighted by Gasteiger charge is -2.55. The number of likely N-dealkylation sites (N-methyl/N-ethyl adjacent to an activating group) is 1. The lowest BCUT2D eigenvalue weighted by Crippen LogP contribution is -2.61. The van der Waals surface area contributed by atoms with E-state index in [9.17, 15) is 10.2 Å². The lowest BCUT2D eigenvalue weighted by atomic mass is 9.58. The fraction of sp³-hybridized carbons (Fsp3) is 0.577. The highest BCUT2D eigenvalue weighted by Crippen LogP contribution is 2.67. The number of hydrogen-bond donors (Lipinski definition) is 2. The van der Waals surface area contributed by atoms with Gasteiger partial charge in [0.25, 0.3) is 0 Å². The van der Waals surface area contributed by atoms with E-state index in [2.05, 4.69) is 36.2 Å². The highest BCUT2D eigenvalue weighted by atomic mass is 16.5. The van der Waals surface area contributed by atoms with Crippen molar-refractivity contribution in [3.8, 4) is 0 Å². The van der Waals surface area contributed by atoms with Crippen molar-refractivity contribution in [3.63, 3.8) is 0 Å². The maximum absolute atomic E-state index is 11.1. The van der Waals surface area contributed by atoms with Gasteiger partial charge in [0, 0.05) is 29.8 Å². The molecule has 5 aliphatic rings. The van der Waals surface area contributed by atoms with Crippen LogP contribution >= 0.6 is 0 Å². The van der Waals surface area contributed by atoms with E-state index in [4.69, 9.17) is 4.74 Å². The average molecular weight is 421 g/mol. The van der Waals surface area contributed by atoms with E-state index in [0.717, 1.165) is 37.7 Å². The maximum Gasteiger partial charge on any atom is 0.105 e. The summed E-state index contributed by atoms with van der Waals surface area (Å²) < 4.78 is 7.16. The third-order valence-electron chi connectivity index (χ3n) is 9.07. The first-order valence-corrected chi connectivity index (χ1v) is 11.6. The number of aliphatic hydroxyl groups is 2. The van der Waals surface area contributed by atoms with Gasteiger partial charge in [-0.1, -0.05) is 31.2 Å². The van der Waals surface area contributed by atoms with Gasteiger partial charge < -0.3 is 19.8 Å². The summed E-state index contributed by atoms with van der Waals surface area (Å²) in [6, 6.07) is 4.07. The third kappa shape index (κ3) is 2.44. The predicted octanol–water partition coefficient (Wildman–Crippen LogP) is 3.11. The molecule has 31 heavy (non-hydrogen) atoms. The number of ether oxygens (including phenoxy) is 1. The number of aromatic nitrogens is 1. The Labute approximate surface area is 184 Å². The lowest BCUT2D eigenvalue weighted by molar-refractivity contribution is -0.161. The van der Waals surface area contributed by atoms with E-state index in [-0.39, 0.29) is 17.1 Å². The standard InChI is InChI=1S/C26H32N2O3/c1-24-9-8-17-13-19-22(29)23(30)20(28(2)3)14-25(19)10-11-26(17,31-25)21(24)7-6-18(24)16-5-4-12-27-15-16/h4-6,8,12-13,15,20-23,29-30H,7,9-11,14H2,1-3H3/t20-,21+,22+,23+,24+,25+,26+/m0/s1. The molecule has 5 nitrogen and oxygen atoms in total. The highest BCUT2D eigenvalue weighted by Gasteiger charge is 2.67. The zero-order chi connectivity index (χ0) is 21.6. The smallest absolute Gasteiger partial charge is 0.105 e. The van der Waals surface area contributed by atoms with Crippen molar-refractivity contribution in [2.24, 2.45) is 11.3 Å². The fourth-order valence-corrected chi connectivity index (χ4v) is 7.47. The van der Waals surface area contributed by atoms with Crippen molar-refractivity contribution in [1.29, 1.82) is 0 Å². The molecule has 5 heteroatoms. The predicted molar refractivity (Wildman–Crippen MR) is 119 cm³/mol. The molecule has 2 N–H and O–H groups in total. The SMILES string of the molecule is CN(C)[C@H]1C[C@@]23CC[C@@]4(O2)C(=CC[C@]2(C)C(c5cccnc5)=CC[C@H]24)C=C3[C@@H](O)[C@@H]1O. The van der Waals surface area contributed by atoms with E-state index in [1.807, 2.05) is 37.5 Å². The summed E-state index contributed by atoms with van der Waals surface area (Å²) in [5, 5.41) is 21.8. The zero-order valence-corrected chi connectivity index (χ0v) is 18.6. The summed E-state index contributed by atoms with van der Waals surface area (Å²) in [6.07, 6.45) is 13.6. The van der Waals surface area contributed by atoms with E-state index >= 15 is 0 Å². The van der Waals surface area contributed by atoms with Crippen molar-refractivity contribution >= 4 is 5.57 Å². The molecule has 164 valence electrons. The monoisotopic (exact) mass is 420 g/mol. The Kier molecular flexibility index (Phi) is 4.09.